The lowest BCUT2D eigenvalue weighted by Crippen LogP contribution is -2.42. The number of nitrogens with one attached hydrogen (secondary N) is 1. The lowest BCUT2D eigenvalue weighted by molar-refractivity contribution is -0.123. The summed E-state index contributed by atoms with van der Waals surface area (Å²) in [6.07, 6.45) is 2.18. The van der Waals surface area contributed by atoms with Gasteiger partial charge in [0.2, 0.25) is 5.91 Å². The summed E-state index contributed by atoms with van der Waals surface area (Å²) in [5.74, 6) is 1.23. The first-order chi connectivity index (χ1) is 12.6. The molecule has 1 amide bonds. The number of nitrogens with two attached hydrogens (primary N) is 1. The number of methoxy groups -OCH3 is 2. The predicted molar refractivity (Wildman–Crippen MR) is 111 cm³/mol. The summed E-state index contributed by atoms with van der Waals surface area (Å²) < 4.78 is 10.7. The van der Waals surface area contributed by atoms with Gasteiger partial charge < -0.3 is 20.5 Å². The highest BCUT2D eigenvalue weighted by Gasteiger charge is 2.20. The lowest BCUT2D eigenvalue weighted by atomic mass is 9.98. The van der Waals surface area contributed by atoms with Gasteiger partial charge in [-0.15, -0.1) is 12.4 Å². The highest BCUT2D eigenvalue weighted by atomic mass is 35.5. The Morgan fingerprint density at radius 1 is 1.07 bits per heavy atom. The number of ether oxygens (including phenoxy) is 2. The van der Waals surface area contributed by atoms with Crippen molar-refractivity contribution in [2.75, 3.05) is 14.2 Å². The maximum Gasteiger partial charge on any atom is 0.237 e. The molecule has 27 heavy (non-hydrogen) atoms. The molecule has 2 aromatic carbocycles. The van der Waals surface area contributed by atoms with Crippen molar-refractivity contribution in [3.8, 4) is 11.5 Å². The molecule has 2 unspecified atom stereocenters. The van der Waals surface area contributed by atoms with Crippen LogP contribution in [0, 0.1) is 0 Å². The van der Waals surface area contributed by atoms with Crippen molar-refractivity contribution in [3.63, 3.8) is 0 Å². The van der Waals surface area contributed by atoms with Gasteiger partial charge in [-0.2, -0.15) is 0 Å². The van der Waals surface area contributed by atoms with E-state index in [9.17, 15) is 4.79 Å². The van der Waals surface area contributed by atoms with E-state index in [1.807, 2.05) is 55.5 Å². The Balaban J connectivity index is 0.00000364. The molecule has 2 aromatic rings. The van der Waals surface area contributed by atoms with Crippen molar-refractivity contribution >= 4 is 18.3 Å². The normalized spacial score (nSPS) is 12.4. The summed E-state index contributed by atoms with van der Waals surface area (Å²) in [5.41, 5.74) is 8.07. The van der Waals surface area contributed by atoms with E-state index in [2.05, 4.69) is 5.32 Å². The van der Waals surface area contributed by atoms with Crippen LogP contribution in [0.1, 0.15) is 36.9 Å². The zero-order chi connectivity index (χ0) is 18.9. The molecular weight excluding hydrogens is 364 g/mol. The average Bonchev–Trinajstić information content (AvgIpc) is 2.68. The second-order valence-electron chi connectivity index (χ2n) is 6.26. The molecule has 0 aliphatic rings. The fourth-order valence-electron chi connectivity index (χ4n) is 2.90. The van der Waals surface area contributed by atoms with Crippen LogP contribution < -0.4 is 20.5 Å². The highest BCUT2D eigenvalue weighted by molar-refractivity contribution is 5.85. The summed E-state index contributed by atoms with van der Waals surface area (Å²) in [7, 11) is 3.22. The zero-order valence-electron chi connectivity index (χ0n) is 16.1. The zero-order valence-corrected chi connectivity index (χ0v) is 16.9. The molecule has 0 aliphatic heterocycles. The number of amides is 1. The molecule has 0 aromatic heterocycles. The van der Waals surface area contributed by atoms with Gasteiger partial charge in [-0.1, -0.05) is 49.7 Å². The fourth-order valence-corrected chi connectivity index (χ4v) is 2.90. The third-order valence-electron chi connectivity index (χ3n) is 4.34. The molecule has 5 nitrogen and oxygen atoms in total. The van der Waals surface area contributed by atoms with Crippen molar-refractivity contribution in [3.05, 3.63) is 59.7 Å². The van der Waals surface area contributed by atoms with E-state index in [1.165, 1.54) is 0 Å². The monoisotopic (exact) mass is 392 g/mol. The van der Waals surface area contributed by atoms with Crippen LogP contribution in [0.25, 0.3) is 0 Å². The Bertz CT molecular complexity index is 710. The molecule has 3 N–H and O–H groups in total. The quantitative estimate of drug-likeness (QED) is 0.683. The Morgan fingerprint density at radius 3 is 2.33 bits per heavy atom. The number of hydrogen-bond donors (Lipinski definition) is 2. The molecule has 0 aliphatic carbocycles. The van der Waals surface area contributed by atoms with Crippen molar-refractivity contribution in [2.24, 2.45) is 5.73 Å². The van der Waals surface area contributed by atoms with E-state index >= 15 is 0 Å². The van der Waals surface area contributed by atoms with Gasteiger partial charge in [0.15, 0.2) is 11.5 Å². The van der Waals surface area contributed by atoms with Gasteiger partial charge >= 0.3 is 0 Å². The van der Waals surface area contributed by atoms with E-state index in [0.29, 0.717) is 24.3 Å². The summed E-state index contributed by atoms with van der Waals surface area (Å²) >= 11 is 0. The number of benzene rings is 2. The van der Waals surface area contributed by atoms with Gasteiger partial charge in [-0.05, 0) is 36.1 Å². The van der Waals surface area contributed by atoms with Crippen LogP contribution in [0.3, 0.4) is 0 Å². The second kappa shape index (κ2) is 11.5. The first kappa shape index (κ1) is 22.8. The largest absolute Gasteiger partial charge is 0.493 e. The third kappa shape index (κ3) is 6.45. The molecule has 0 spiro atoms. The van der Waals surface area contributed by atoms with E-state index in [-0.39, 0.29) is 24.4 Å². The van der Waals surface area contributed by atoms with E-state index in [0.717, 1.165) is 17.5 Å². The van der Waals surface area contributed by atoms with Crippen LogP contribution in [0.15, 0.2) is 48.5 Å². The van der Waals surface area contributed by atoms with Crippen molar-refractivity contribution in [2.45, 2.75) is 38.3 Å². The van der Waals surface area contributed by atoms with Gasteiger partial charge in [-0.25, -0.2) is 0 Å². The third-order valence-corrected chi connectivity index (χ3v) is 4.34. The molecule has 0 radical (unpaired) electrons. The maximum absolute atomic E-state index is 12.4. The van der Waals surface area contributed by atoms with Gasteiger partial charge in [0, 0.05) is 0 Å². The Kier molecular flexibility index (Phi) is 9.68. The second-order valence-corrected chi connectivity index (χ2v) is 6.26. The van der Waals surface area contributed by atoms with E-state index in [4.69, 9.17) is 15.2 Å². The van der Waals surface area contributed by atoms with Gasteiger partial charge in [0.05, 0.1) is 26.3 Å². The van der Waals surface area contributed by atoms with Gasteiger partial charge in [0.1, 0.15) is 0 Å². The topological polar surface area (TPSA) is 73.6 Å². The molecule has 6 heteroatoms. The van der Waals surface area contributed by atoms with E-state index in [1.54, 1.807) is 14.2 Å². The van der Waals surface area contributed by atoms with Crippen LogP contribution in [0.5, 0.6) is 11.5 Å². The van der Waals surface area contributed by atoms with Gasteiger partial charge in [0.25, 0.3) is 0 Å². The molecule has 0 saturated carbocycles. The molecule has 2 rings (SSSR count). The SMILES string of the molecule is CCCC(N)C(=O)NC(Cc1ccc(OC)c(OC)c1)c1ccccc1.Cl. The van der Waals surface area contributed by atoms with Gasteiger partial charge in [-0.3, -0.25) is 4.79 Å². The molecule has 148 valence electrons. The number of carbonyl (C=O) groups excluding carboxylic acids is 1. The molecule has 0 bridgehead atoms. The predicted octanol–water partition coefficient (Wildman–Crippen LogP) is 3.65. The van der Waals surface area contributed by atoms with Crippen LogP contribution in [0.2, 0.25) is 0 Å². The number of hydrogen-bond acceptors (Lipinski definition) is 4. The highest BCUT2D eigenvalue weighted by Crippen LogP contribution is 2.29. The summed E-state index contributed by atoms with van der Waals surface area (Å²) in [5, 5.41) is 3.10. The van der Waals surface area contributed by atoms with Crippen molar-refractivity contribution in [1.82, 2.24) is 5.32 Å². The number of rotatable bonds is 9. The minimum absolute atomic E-state index is 0. The summed E-state index contributed by atoms with van der Waals surface area (Å²) in [6.45, 7) is 2.02. The molecule has 0 fully saturated rings. The first-order valence-electron chi connectivity index (χ1n) is 8.90. The van der Waals surface area contributed by atoms with Crippen LogP contribution in [0.4, 0.5) is 0 Å². The Labute approximate surface area is 167 Å². The number of halogens is 1. The van der Waals surface area contributed by atoms with Crippen LogP contribution in [-0.4, -0.2) is 26.2 Å². The maximum atomic E-state index is 12.4. The van der Waals surface area contributed by atoms with Crippen LogP contribution >= 0.6 is 12.4 Å². The molecular formula is C21H29ClN2O3. The fraction of sp³-hybridized carbons (Fsp3) is 0.381. The van der Waals surface area contributed by atoms with Crippen molar-refractivity contribution in [1.29, 1.82) is 0 Å². The number of carbonyl (C=O) groups is 1. The minimum atomic E-state index is -0.489. The smallest absolute Gasteiger partial charge is 0.237 e. The molecule has 0 saturated heterocycles. The Hall–Kier alpha value is -2.24. The standard InChI is InChI=1S/C21H28N2O3.ClH/c1-4-8-17(22)21(24)23-18(16-9-6-5-7-10-16)13-15-11-12-19(25-2)20(14-15)26-3;/h5-7,9-12,14,17-18H,4,8,13,22H2,1-3H3,(H,23,24);1H. The van der Waals surface area contributed by atoms with Crippen molar-refractivity contribution < 1.29 is 14.3 Å². The Morgan fingerprint density at radius 2 is 1.74 bits per heavy atom. The average molecular weight is 393 g/mol. The first-order valence-corrected chi connectivity index (χ1v) is 8.90. The van der Waals surface area contributed by atoms with Crippen LogP contribution in [-0.2, 0) is 11.2 Å². The van der Waals surface area contributed by atoms with E-state index < -0.39 is 6.04 Å². The summed E-state index contributed by atoms with van der Waals surface area (Å²) in [6, 6.07) is 15.1. The molecule has 2 atom stereocenters. The summed E-state index contributed by atoms with van der Waals surface area (Å²) in [4.78, 5) is 12.4. The molecule has 0 heterocycles. The minimum Gasteiger partial charge on any atom is -0.493 e. The lowest BCUT2D eigenvalue weighted by Gasteiger charge is -2.22.